The molecule has 2 N–H and O–H groups in total. The van der Waals surface area contributed by atoms with Crippen LogP contribution in [0.2, 0.25) is 0 Å². The second kappa shape index (κ2) is 5.72. The molecule has 0 saturated carbocycles. The van der Waals surface area contributed by atoms with Crippen LogP contribution in [0.3, 0.4) is 0 Å². The predicted octanol–water partition coefficient (Wildman–Crippen LogP) is 2.90. The Bertz CT molecular complexity index is 471. The van der Waals surface area contributed by atoms with Crippen molar-refractivity contribution in [2.24, 2.45) is 0 Å². The fourth-order valence-electron chi connectivity index (χ4n) is 1.55. The molecule has 0 radical (unpaired) electrons. The van der Waals surface area contributed by atoms with E-state index >= 15 is 0 Å². The van der Waals surface area contributed by atoms with Crippen molar-refractivity contribution in [2.45, 2.75) is 30.5 Å². The number of nitrogens with zero attached hydrogens (tertiary/aromatic N) is 2. The van der Waals surface area contributed by atoms with E-state index in [-0.39, 0.29) is 0 Å². The molecule has 0 aliphatic rings. The van der Waals surface area contributed by atoms with E-state index in [1.165, 1.54) is 6.33 Å². The molecule has 0 aromatic carbocycles. The molecular weight excluding hydrogens is 234 g/mol. The Kier molecular flexibility index (Phi) is 4.03. The number of nitrogen functional groups attached to an aromatic ring is 1. The van der Waals surface area contributed by atoms with Crippen molar-refractivity contribution in [3.8, 4) is 0 Å². The van der Waals surface area contributed by atoms with Gasteiger partial charge in [0.1, 0.15) is 22.9 Å². The van der Waals surface area contributed by atoms with Gasteiger partial charge >= 0.3 is 0 Å². The molecule has 2 rings (SSSR count). The van der Waals surface area contributed by atoms with Gasteiger partial charge in [-0.2, -0.15) is 0 Å². The summed E-state index contributed by atoms with van der Waals surface area (Å²) in [6.07, 6.45) is 5.13. The van der Waals surface area contributed by atoms with Crippen molar-refractivity contribution in [3.63, 3.8) is 0 Å². The number of anilines is 1. The highest BCUT2D eigenvalue weighted by Gasteiger charge is 2.09. The quantitative estimate of drug-likeness (QED) is 0.652. The summed E-state index contributed by atoms with van der Waals surface area (Å²) in [7, 11) is 0. The minimum absolute atomic E-state index is 0.587. The lowest BCUT2D eigenvalue weighted by Crippen LogP contribution is -2.01. The Balaban J connectivity index is 2.11. The van der Waals surface area contributed by atoms with Crippen LogP contribution in [0.1, 0.15) is 24.7 Å². The summed E-state index contributed by atoms with van der Waals surface area (Å²) >= 11 is 1.63. The molecule has 2 aromatic heterocycles. The van der Waals surface area contributed by atoms with Crippen LogP contribution in [-0.4, -0.2) is 9.97 Å². The molecule has 0 amide bonds. The predicted molar refractivity (Wildman–Crippen MR) is 68.7 cm³/mol. The van der Waals surface area contributed by atoms with Gasteiger partial charge in [0.05, 0.1) is 12.0 Å². The van der Waals surface area contributed by atoms with Crippen molar-refractivity contribution < 1.29 is 4.42 Å². The van der Waals surface area contributed by atoms with Crippen LogP contribution in [0, 0.1) is 0 Å². The van der Waals surface area contributed by atoms with E-state index in [2.05, 4.69) is 16.9 Å². The van der Waals surface area contributed by atoms with Crippen molar-refractivity contribution in [1.82, 2.24) is 9.97 Å². The van der Waals surface area contributed by atoms with Crippen molar-refractivity contribution in [2.75, 3.05) is 5.73 Å². The van der Waals surface area contributed by atoms with Gasteiger partial charge in [-0.1, -0.05) is 25.1 Å². The third-order valence-corrected chi connectivity index (χ3v) is 3.42. The maximum Gasteiger partial charge on any atom is 0.131 e. The molecule has 0 aliphatic carbocycles. The Morgan fingerprint density at radius 3 is 3.00 bits per heavy atom. The summed E-state index contributed by atoms with van der Waals surface area (Å²) < 4.78 is 5.29. The van der Waals surface area contributed by atoms with Gasteiger partial charge in [-0.25, -0.2) is 9.97 Å². The van der Waals surface area contributed by atoms with Gasteiger partial charge in [-0.05, 0) is 18.6 Å². The molecule has 2 aromatic rings. The highest BCUT2D eigenvalue weighted by atomic mass is 32.2. The lowest BCUT2D eigenvalue weighted by Gasteiger charge is -2.08. The first-order valence-electron chi connectivity index (χ1n) is 5.55. The standard InChI is InChI=1S/C12H15N3OS/c1-2-4-10-11(13)14-8-15-12(10)17-7-9-5-3-6-16-9/h3,5-6,8H,2,4,7H2,1H3,(H2,13,14,15). The van der Waals surface area contributed by atoms with Crippen LogP contribution in [0.5, 0.6) is 0 Å². The first-order valence-corrected chi connectivity index (χ1v) is 6.54. The Labute approximate surface area is 105 Å². The van der Waals surface area contributed by atoms with Crippen LogP contribution >= 0.6 is 11.8 Å². The molecule has 0 spiro atoms. The molecule has 0 atom stereocenters. The average molecular weight is 249 g/mol. The molecule has 4 nitrogen and oxygen atoms in total. The fourth-order valence-corrected chi connectivity index (χ4v) is 2.50. The molecule has 2 heterocycles. The van der Waals surface area contributed by atoms with Gasteiger partial charge < -0.3 is 10.2 Å². The topological polar surface area (TPSA) is 64.9 Å². The zero-order valence-electron chi connectivity index (χ0n) is 9.72. The Hall–Kier alpha value is -1.49. The second-order valence-electron chi connectivity index (χ2n) is 3.66. The van der Waals surface area contributed by atoms with E-state index in [1.54, 1.807) is 18.0 Å². The van der Waals surface area contributed by atoms with Crippen LogP contribution in [-0.2, 0) is 12.2 Å². The summed E-state index contributed by atoms with van der Waals surface area (Å²) in [5.41, 5.74) is 6.92. The summed E-state index contributed by atoms with van der Waals surface area (Å²) in [4.78, 5) is 8.32. The number of furan rings is 1. The second-order valence-corrected chi connectivity index (χ2v) is 4.62. The first kappa shape index (κ1) is 12.0. The Morgan fingerprint density at radius 1 is 1.41 bits per heavy atom. The molecule has 0 saturated heterocycles. The summed E-state index contributed by atoms with van der Waals surface area (Å²) in [6, 6.07) is 3.84. The third-order valence-electron chi connectivity index (χ3n) is 2.37. The van der Waals surface area contributed by atoms with E-state index in [0.717, 1.165) is 34.9 Å². The maximum absolute atomic E-state index is 5.87. The summed E-state index contributed by atoms with van der Waals surface area (Å²) in [5.74, 6) is 2.29. The lowest BCUT2D eigenvalue weighted by molar-refractivity contribution is 0.530. The highest BCUT2D eigenvalue weighted by molar-refractivity contribution is 7.98. The van der Waals surface area contributed by atoms with E-state index in [4.69, 9.17) is 10.2 Å². The van der Waals surface area contributed by atoms with Crippen molar-refractivity contribution in [3.05, 3.63) is 36.0 Å². The zero-order chi connectivity index (χ0) is 12.1. The van der Waals surface area contributed by atoms with Crippen LogP contribution in [0.25, 0.3) is 0 Å². The number of hydrogen-bond acceptors (Lipinski definition) is 5. The number of aromatic nitrogens is 2. The molecule has 0 unspecified atom stereocenters. The van der Waals surface area contributed by atoms with E-state index in [9.17, 15) is 0 Å². The van der Waals surface area contributed by atoms with E-state index in [0.29, 0.717) is 5.82 Å². The number of rotatable bonds is 5. The normalized spacial score (nSPS) is 10.6. The third kappa shape index (κ3) is 3.00. The number of nitrogens with two attached hydrogens (primary N) is 1. The van der Waals surface area contributed by atoms with Gasteiger partial charge in [-0.15, -0.1) is 0 Å². The number of thioether (sulfide) groups is 1. The van der Waals surface area contributed by atoms with Crippen molar-refractivity contribution in [1.29, 1.82) is 0 Å². The molecule has 0 fully saturated rings. The maximum atomic E-state index is 5.87. The van der Waals surface area contributed by atoms with Crippen LogP contribution in [0.15, 0.2) is 34.2 Å². The summed E-state index contributed by atoms with van der Waals surface area (Å²) in [6.45, 7) is 2.12. The average Bonchev–Trinajstić information content (AvgIpc) is 2.83. The van der Waals surface area contributed by atoms with Crippen molar-refractivity contribution >= 4 is 17.6 Å². The van der Waals surface area contributed by atoms with E-state index < -0.39 is 0 Å². The molecule has 0 bridgehead atoms. The highest BCUT2D eigenvalue weighted by Crippen LogP contribution is 2.27. The molecule has 5 heteroatoms. The zero-order valence-corrected chi connectivity index (χ0v) is 10.5. The Morgan fingerprint density at radius 2 is 2.29 bits per heavy atom. The summed E-state index contributed by atoms with van der Waals surface area (Å²) in [5, 5.41) is 0.954. The SMILES string of the molecule is CCCc1c(N)ncnc1SCc1ccco1. The largest absolute Gasteiger partial charge is 0.468 e. The minimum atomic E-state index is 0.587. The van der Waals surface area contributed by atoms with Gasteiger partial charge in [0, 0.05) is 5.56 Å². The van der Waals surface area contributed by atoms with Crippen LogP contribution in [0.4, 0.5) is 5.82 Å². The van der Waals surface area contributed by atoms with Gasteiger partial charge in [-0.3, -0.25) is 0 Å². The molecular formula is C12H15N3OS. The molecule has 17 heavy (non-hydrogen) atoms. The van der Waals surface area contributed by atoms with Gasteiger partial charge in [0.25, 0.3) is 0 Å². The smallest absolute Gasteiger partial charge is 0.131 e. The van der Waals surface area contributed by atoms with Crippen LogP contribution < -0.4 is 5.73 Å². The molecule has 0 aliphatic heterocycles. The monoisotopic (exact) mass is 249 g/mol. The first-order chi connectivity index (χ1) is 8.31. The lowest BCUT2D eigenvalue weighted by atomic mass is 10.2. The minimum Gasteiger partial charge on any atom is -0.468 e. The van der Waals surface area contributed by atoms with Gasteiger partial charge in [0.2, 0.25) is 0 Å². The fraction of sp³-hybridized carbons (Fsp3) is 0.333. The van der Waals surface area contributed by atoms with Gasteiger partial charge in [0.15, 0.2) is 0 Å². The number of hydrogen-bond donors (Lipinski definition) is 1. The molecule has 90 valence electrons. The van der Waals surface area contributed by atoms with E-state index in [1.807, 2.05) is 12.1 Å².